The van der Waals surface area contributed by atoms with E-state index < -0.39 is 0 Å². The summed E-state index contributed by atoms with van der Waals surface area (Å²) in [5, 5.41) is 13.1. The predicted octanol–water partition coefficient (Wildman–Crippen LogP) is 1.31. The van der Waals surface area contributed by atoms with Crippen LogP contribution in [0.2, 0.25) is 0 Å². The Morgan fingerprint density at radius 2 is 1.89 bits per heavy atom. The number of hydrogen-bond acceptors (Lipinski definition) is 3. The maximum atomic E-state index is 12.5. The molecule has 0 aliphatic carbocycles. The van der Waals surface area contributed by atoms with Crippen LogP contribution in [-0.2, 0) is 4.79 Å². The molecule has 0 aromatic rings. The molecule has 2 bridgehead atoms. The van der Waals surface area contributed by atoms with Crippen molar-refractivity contribution in [2.45, 2.75) is 63.1 Å². The summed E-state index contributed by atoms with van der Waals surface area (Å²) >= 11 is 0. The topological polar surface area (TPSA) is 52.6 Å². The number of carbonyl (C=O) groups is 1. The molecule has 3 aliphatic rings. The maximum Gasteiger partial charge on any atom is 0.223 e. The molecule has 3 fully saturated rings. The quantitative estimate of drug-likeness (QED) is 0.806. The largest absolute Gasteiger partial charge is 0.393 e. The van der Waals surface area contributed by atoms with E-state index >= 15 is 0 Å². The minimum Gasteiger partial charge on any atom is -0.393 e. The average molecular weight is 289 g/mol. The highest BCUT2D eigenvalue weighted by Gasteiger charge is 2.42. The summed E-state index contributed by atoms with van der Waals surface area (Å²) in [7, 11) is 0. The molecule has 3 aliphatic heterocycles. The molecule has 19 heavy (non-hydrogen) atoms. The third-order valence-corrected chi connectivity index (χ3v) is 4.86. The van der Waals surface area contributed by atoms with Crippen LogP contribution >= 0.6 is 12.4 Å². The molecule has 110 valence electrons. The van der Waals surface area contributed by atoms with Gasteiger partial charge < -0.3 is 15.3 Å². The van der Waals surface area contributed by atoms with E-state index in [2.05, 4.69) is 10.2 Å². The normalized spacial score (nSPS) is 37.8. The van der Waals surface area contributed by atoms with Gasteiger partial charge in [-0.25, -0.2) is 0 Å². The summed E-state index contributed by atoms with van der Waals surface area (Å²) in [5.74, 6) is 0.862. The fourth-order valence-corrected chi connectivity index (χ4v) is 4.01. The number of amides is 1. The Hall–Kier alpha value is -0.320. The Bertz CT molecular complexity index is 307. The van der Waals surface area contributed by atoms with E-state index in [4.69, 9.17) is 0 Å². The van der Waals surface area contributed by atoms with E-state index in [9.17, 15) is 9.90 Å². The van der Waals surface area contributed by atoms with Gasteiger partial charge in [0.2, 0.25) is 5.91 Å². The Morgan fingerprint density at radius 3 is 2.47 bits per heavy atom. The van der Waals surface area contributed by atoms with Crippen LogP contribution in [0.15, 0.2) is 0 Å². The summed E-state index contributed by atoms with van der Waals surface area (Å²) in [6.45, 7) is 2.10. The van der Waals surface area contributed by atoms with Gasteiger partial charge >= 0.3 is 0 Å². The van der Waals surface area contributed by atoms with E-state index in [-0.39, 0.29) is 18.5 Å². The van der Waals surface area contributed by atoms with E-state index in [1.165, 1.54) is 12.8 Å². The first-order chi connectivity index (χ1) is 8.74. The van der Waals surface area contributed by atoms with Gasteiger partial charge in [-0.05, 0) is 57.5 Å². The van der Waals surface area contributed by atoms with Gasteiger partial charge in [0.15, 0.2) is 0 Å². The standard InChI is InChI=1S/C14H24N2O2.ClH/c17-13-7-11-3-4-12(8-13)16(11)14(18)6-10-2-1-5-15-9-10;/h10-13,15,17H,1-9H2;1H/t10?,11-,12+,13+;. The molecule has 3 rings (SSSR count). The van der Waals surface area contributed by atoms with Crippen molar-refractivity contribution in [3.05, 3.63) is 0 Å². The molecule has 0 aromatic carbocycles. The summed E-state index contributed by atoms with van der Waals surface area (Å²) in [5.41, 5.74) is 0. The summed E-state index contributed by atoms with van der Waals surface area (Å²) in [4.78, 5) is 14.6. The van der Waals surface area contributed by atoms with Crippen LogP contribution in [0.5, 0.6) is 0 Å². The van der Waals surface area contributed by atoms with Crippen molar-refractivity contribution in [3.8, 4) is 0 Å². The molecular formula is C14H25ClN2O2. The molecule has 0 spiro atoms. The molecule has 3 heterocycles. The smallest absolute Gasteiger partial charge is 0.223 e. The van der Waals surface area contributed by atoms with Gasteiger partial charge in [0.25, 0.3) is 0 Å². The number of fused-ring (bicyclic) bond motifs is 2. The van der Waals surface area contributed by atoms with E-state index in [0.29, 0.717) is 30.3 Å². The predicted molar refractivity (Wildman–Crippen MR) is 76.4 cm³/mol. The minimum absolute atomic E-state index is 0. The fraction of sp³-hybridized carbons (Fsp3) is 0.929. The zero-order chi connectivity index (χ0) is 12.5. The molecule has 1 amide bonds. The monoisotopic (exact) mass is 288 g/mol. The summed E-state index contributed by atoms with van der Waals surface area (Å²) in [6.07, 6.45) is 6.69. The molecule has 2 N–H and O–H groups in total. The third kappa shape index (κ3) is 3.23. The lowest BCUT2D eigenvalue weighted by Crippen LogP contribution is -2.49. The highest BCUT2D eigenvalue weighted by atomic mass is 35.5. The second-order valence-corrected chi connectivity index (χ2v) is 6.23. The van der Waals surface area contributed by atoms with Crippen LogP contribution < -0.4 is 5.32 Å². The van der Waals surface area contributed by atoms with Crippen molar-refractivity contribution in [1.82, 2.24) is 10.2 Å². The second-order valence-electron chi connectivity index (χ2n) is 6.23. The van der Waals surface area contributed by atoms with Crippen molar-refractivity contribution in [1.29, 1.82) is 0 Å². The number of aliphatic hydroxyl groups excluding tert-OH is 1. The van der Waals surface area contributed by atoms with Crippen molar-refractivity contribution in [2.75, 3.05) is 13.1 Å². The van der Waals surface area contributed by atoms with Gasteiger partial charge in [0, 0.05) is 18.5 Å². The van der Waals surface area contributed by atoms with E-state index in [1.54, 1.807) is 0 Å². The molecule has 5 heteroatoms. The van der Waals surface area contributed by atoms with E-state index in [1.807, 2.05) is 0 Å². The van der Waals surface area contributed by atoms with E-state index in [0.717, 1.165) is 38.8 Å². The van der Waals surface area contributed by atoms with Crippen molar-refractivity contribution >= 4 is 18.3 Å². The molecule has 0 saturated carbocycles. The number of carbonyl (C=O) groups excluding carboxylic acids is 1. The first kappa shape index (κ1) is 15.1. The van der Waals surface area contributed by atoms with Gasteiger partial charge in [-0.2, -0.15) is 0 Å². The molecule has 0 aromatic heterocycles. The molecular weight excluding hydrogens is 264 g/mol. The molecule has 3 saturated heterocycles. The first-order valence-corrected chi connectivity index (χ1v) is 7.44. The van der Waals surface area contributed by atoms with Crippen molar-refractivity contribution < 1.29 is 9.90 Å². The Morgan fingerprint density at radius 1 is 1.21 bits per heavy atom. The number of hydrogen-bond donors (Lipinski definition) is 2. The van der Waals surface area contributed by atoms with Gasteiger partial charge in [-0.1, -0.05) is 0 Å². The Kier molecular flexibility index (Phi) is 5.09. The average Bonchev–Trinajstić information content (AvgIpc) is 2.63. The first-order valence-electron chi connectivity index (χ1n) is 7.44. The SMILES string of the molecule is Cl.O=C(CC1CCCNC1)N1[C@@H]2CC[C@H]1C[C@@H](O)C2. The lowest BCUT2D eigenvalue weighted by atomic mass is 9.93. The second kappa shape index (κ2) is 6.42. The number of nitrogens with zero attached hydrogens (tertiary/aromatic N) is 1. The Labute approximate surface area is 121 Å². The van der Waals surface area contributed by atoms with Crippen molar-refractivity contribution in [2.24, 2.45) is 5.92 Å². The van der Waals surface area contributed by atoms with Gasteiger partial charge in [0.1, 0.15) is 0 Å². The molecule has 4 nitrogen and oxygen atoms in total. The van der Waals surface area contributed by atoms with Crippen molar-refractivity contribution in [3.63, 3.8) is 0 Å². The van der Waals surface area contributed by atoms with Crippen LogP contribution in [0, 0.1) is 5.92 Å². The minimum atomic E-state index is -0.178. The van der Waals surface area contributed by atoms with Crippen LogP contribution in [0.1, 0.15) is 44.9 Å². The molecule has 1 unspecified atom stereocenters. The zero-order valence-electron chi connectivity index (χ0n) is 11.4. The maximum absolute atomic E-state index is 12.5. The summed E-state index contributed by atoms with van der Waals surface area (Å²) in [6, 6.07) is 0.644. The Balaban J connectivity index is 0.00000133. The molecule has 4 atom stereocenters. The van der Waals surface area contributed by atoms with Gasteiger partial charge in [-0.3, -0.25) is 4.79 Å². The van der Waals surface area contributed by atoms with Crippen LogP contribution in [-0.4, -0.2) is 47.2 Å². The zero-order valence-corrected chi connectivity index (χ0v) is 12.2. The fourth-order valence-electron chi connectivity index (χ4n) is 4.01. The van der Waals surface area contributed by atoms with Crippen LogP contribution in [0.25, 0.3) is 0 Å². The lowest BCUT2D eigenvalue weighted by molar-refractivity contribution is -0.138. The van der Waals surface area contributed by atoms with Gasteiger partial charge in [-0.15, -0.1) is 12.4 Å². The number of rotatable bonds is 2. The van der Waals surface area contributed by atoms with Gasteiger partial charge in [0.05, 0.1) is 6.10 Å². The highest BCUT2D eigenvalue weighted by Crippen LogP contribution is 2.36. The number of piperidine rings is 2. The number of halogens is 1. The molecule has 0 radical (unpaired) electrons. The highest BCUT2D eigenvalue weighted by molar-refractivity contribution is 5.85. The van der Waals surface area contributed by atoms with Crippen LogP contribution in [0.4, 0.5) is 0 Å². The third-order valence-electron chi connectivity index (χ3n) is 4.86. The summed E-state index contributed by atoms with van der Waals surface area (Å²) < 4.78 is 0. The number of aliphatic hydroxyl groups is 1. The lowest BCUT2D eigenvalue weighted by Gasteiger charge is -2.38. The number of nitrogens with one attached hydrogen (secondary N) is 1. The van der Waals surface area contributed by atoms with Crippen LogP contribution in [0.3, 0.4) is 0 Å².